The lowest BCUT2D eigenvalue weighted by atomic mass is 10.1. The molecule has 1 heterocycles. The van der Waals surface area contributed by atoms with Crippen LogP contribution >= 0.6 is 11.6 Å². The average molecular weight is 212 g/mol. The molecule has 0 unspecified atom stereocenters. The Morgan fingerprint density at radius 1 is 1.79 bits per heavy atom. The van der Waals surface area contributed by atoms with E-state index in [4.69, 9.17) is 22.6 Å². The zero-order valence-corrected chi connectivity index (χ0v) is 8.00. The molecule has 0 saturated heterocycles. The van der Waals surface area contributed by atoms with Gasteiger partial charge in [-0.15, -0.1) is 0 Å². The SMILES string of the molecule is COC(=O)c1c(C#N)cc(Cl)nc1N. The van der Waals surface area contributed by atoms with Crippen molar-refractivity contribution >= 4 is 23.4 Å². The number of rotatable bonds is 1. The van der Waals surface area contributed by atoms with Gasteiger partial charge < -0.3 is 10.5 Å². The van der Waals surface area contributed by atoms with Gasteiger partial charge in [0.2, 0.25) is 0 Å². The molecule has 72 valence electrons. The number of ether oxygens (including phenoxy) is 1. The van der Waals surface area contributed by atoms with Crippen LogP contribution in [0, 0.1) is 11.3 Å². The van der Waals surface area contributed by atoms with Crippen LogP contribution in [0.15, 0.2) is 6.07 Å². The van der Waals surface area contributed by atoms with E-state index < -0.39 is 5.97 Å². The van der Waals surface area contributed by atoms with E-state index in [-0.39, 0.29) is 22.1 Å². The van der Waals surface area contributed by atoms with Crippen LogP contribution in [0.5, 0.6) is 0 Å². The molecular weight excluding hydrogens is 206 g/mol. The zero-order chi connectivity index (χ0) is 10.7. The van der Waals surface area contributed by atoms with Crippen molar-refractivity contribution in [3.63, 3.8) is 0 Å². The molecule has 1 aromatic heterocycles. The lowest BCUT2D eigenvalue weighted by Crippen LogP contribution is -2.10. The molecule has 0 radical (unpaired) electrons. The summed E-state index contributed by atoms with van der Waals surface area (Å²) in [6.07, 6.45) is 0. The molecule has 2 N–H and O–H groups in total. The maximum atomic E-state index is 11.2. The van der Waals surface area contributed by atoms with Gasteiger partial charge in [0.25, 0.3) is 0 Å². The number of methoxy groups -OCH3 is 1. The summed E-state index contributed by atoms with van der Waals surface area (Å²) in [5.74, 6) is -0.816. The molecular formula is C8H6ClN3O2. The monoisotopic (exact) mass is 211 g/mol. The number of anilines is 1. The molecule has 0 spiro atoms. The van der Waals surface area contributed by atoms with Crippen LogP contribution in [0.1, 0.15) is 15.9 Å². The molecule has 0 bridgehead atoms. The normalized spacial score (nSPS) is 9.21. The van der Waals surface area contributed by atoms with Crippen molar-refractivity contribution in [2.75, 3.05) is 12.8 Å². The van der Waals surface area contributed by atoms with Gasteiger partial charge in [0.1, 0.15) is 22.6 Å². The smallest absolute Gasteiger partial charge is 0.342 e. The molecule has 1 rings (SSSR count). The van der Waals surface area contributed by atoms with E-state index in [1.165, 1.54) is 13.2 Å². The summed E-state index contributed by atoms with van der Waals surface area (Å²) >= 11 is 5.55. The van der Waals surface area contributed by atoms with Crippen molar-refractivity contribution in [3.05, 3.63) is 22.3 Å². The number of nitriles is 1. The zero-order valence-electron chi connectivity index (χ0n) is 7.24. The summed E-state index contributed by atoms with van der Waals surface area (Å²) in [5.41, 5.74) is 5.42. The Kier molecular flexibility index (Phi) is 2.89. The van der Waals surface area contributed by atoms with E-state index in [9.17, 15) is 4.79 Å². The van der Waals surface area contributed by atoms with Crippen LogP contribution in [0.4, 0.5) is 5.82 Å². The molecule has 14 heavy (non-hydrogen) atoms. The fourth-order valence-corrected chi connectivity index (χ4v) is 1.14. The van der Waals surface area contributed by atoms with Gasteiger partial charge in [-0.2, -0.15) is 5.26 Å². The number of halogens is 1. The standard InChI is InChI=1S/C8H6ClN3O2/c1-14-8(13)6-4(3-10)2-5(9)12-7(6)11/h2H,1H3,(H2,11,12). The van der Waals surface area contributed by atoms with Crippen molar-refractivity contribution in [1.82, 2.24) is 4.98 Å². The number of hydrogen-bond donors (Lipinski definition) is 1. The molecule has 0 aliphatic heterocycles. The van der Waals surface area contributed by atoms with E-state index >= 15 is 0 Å². The third kappa shape index (κ3) is 1.75. The fourth-order valence-electron chi connectivity index (χ4n) is 0.937. The molecule has 0 aliphatic rings. The summed E-state index contributed by atoms with van der Waals surface area (Å²) in [6.45, 7) is 0. The summed E-state index contributed by atoms with van der Waals surface area (Å²) < 4.78 is 4.45. The molecule has 0 fully saturated rings. The van der Waals surface area contributed by atoms with Crippen molar-refractivity contribution in [3.8, 4) is 6.07 Å². The number of nitrogens with zero attached hydrogens (tertiary/aromatic N) is 2. The van der Waals surface area contributed by atoms with Gasteiger partial charge in [-0.05, 0) is 6.07 Å². The molecule has 5 nitrogen and oxygen atoms in total. The minimum Gasteiger partial charge on any atom is -0.465 e. The number of nitrogens with two attached hydrogens (primary N) is 1. The maximum absolute atomic E-state index is 11.2. The largest absolute Gasteiger partial charge is 0.465 e. The number of pyridine rings is 1. The van der Waals surface area contributed by atoms with E-state index in [1.807, 2.05) is 0 Å². The van der Waals surface area contributed by atoms with Crippen molar-refractivity contribution in [2.24, 2.45) is 0 Å². The first-order chi connectivity index (χ1) is 6.60. The quantitative estimate of drug-likeness (QED) is 0.552. The Balaban J connectivity index is 3.42. The first kappa shape index (κ1) is 10.3. The molecule has 0 aliphatic carbocycles. The number of carbonyl (C=O) groups is 1. The van der Waals surface area contributed by atoms with E-state index in [0.717, 1.165) is 0 Å². The molecule has 0 aromatic carbocycles. The number of nitrogen functional groups attached to an aromatic ring is 1. The second-order valence-corrected chi connectivity index (χ2v) is 2.74. The minimum atomic E-state index is -0.705. The Labute approximate surface area is 85.1 Å². The Morgan fingerprint density at radius 3 is 2.93 bits per heavy atom. The van der Waals surface area contributed by atoms with Crippen molar-refractivity contribution < 1.29 is 9.53 Å². The molecule has 0 amide bonds. The van der Waals surface area contributed by atoms with Crippen molar-refractivity contribution in [2.45, 2.75) is 0 Å². The predicted octanol–water partition coefficient (Wildman–Crippen LogP) is 0.975. The van der Waals surface area contributed by atoms with Crippen LogP contribution in [-0.2, 0) is 4.74 Å². The highest BCUT2D eigenvalue weighted by Gasteiger charge is 2.17. The third-order valence-corrected chi connectivity index (χ3v) is 1.72. The highest BCUT2D eigenvalue weighted by molar-refractivity contribution is 6.29. The fraction of sp³-hybridized carbons (Fsp3) is 0.125. The van der Waals surface area contributed by atoms with Crippen LogP contribution in [0.2, 0.25) is 5.15 Å². The Morgan fingerprint density at radius 2 is 2.43 bits per heavy atom. The number of esters is 1. The van der Waals surface area contributed by atoms with Gasteiger partial charge in [0.15, 0.2) is 0 Å². The molecule has 0 saturated carbocycles. The molecule has 6 heteroatoms. The van der Waals surface area contributed by atoms with Crippen LogP contribution < -0.4 is 5.73 Å². The van der Waals surface area contributed by atoms with Gasteiger partial charge in [-0.25, -0.2) is 9.78 Å². The number of aromatic nitrogens is 1. The minimum absolute atomic E-state index is 0.0503. The predicted molar refractivity (Wildman–Crippen MR) is 49.7 cm³/mol. The Bertz CT molecular complexity index is 425. The average Bonchev–Trinajstić information content (AvgIpc) is 2.15. The highest BCUT2D eigenvalue weighted by atomic mass is 35.5. The maximum Gasteiger partial charge on any atom is 0.342 e. The summed E-state index contributed by atoms with van der Waals surface area (Å²) in [5, 5.41) is 8.77. The lowest BCUT2D eigenvalue weighted by molar-refractivity contribution is 0.0601. The topological polar surface area (TPSA) is 89.0 Å². The second kappa shape index (κ2) is 3.94. The van der Waals surface area contributed by atoms with Crippen LogP contribution in [0.3, 0.4) is 0 Å². The van der Waals surface area contributed by atoms with Gasteiger partial charge in [-0.3, -0.25) is 0 Å². The Hall–Kier alpha value is -1.80. The summed E-state index contributed by atoms with van der Waals surface area (Å²) in [6, 6.07) is 3.04. The van der Waals surface area contributed by atoms with Crippen molar-refractivity contribution in [1.29, 1.82) is 5.26 Å². The summed E-state index contributed by atoms with van der Waals surface area (Å²) in [4.78, 5) is 14.8. The van der Waals surface area contributed by atoms with Gasteiger partial charge in [0.05, 0.1) is 12.7 Å². The highest BCUT2D eigenvalue weighted by Crippen LogP contribution is 2.19. The molecule has 1 aromatic rings. The van der Waals surface area contributed by atoms with Crippen LogP contribution in [-0.4, -0.2) is 18.1 Å². The van der Waals surface area contributed by atoms with Gasteiger partial charge in [-0.1, -0.05) is 11.6 Å². The number of hydrogen-bond acceptors (Lipinski definition) is 5. The summed E-state index contributed by atoms with van der Waals surface area (Å²) in [7, 11) is 1.19. The molecule has 0 atom stereocenters. The first-order valence-electron chi connectivity index (χ1n) is 3.54. The third-order valence-electron chi connectivity index (χ3n) is 1.53. The number of carbonyl (C=O) groups excluding carboxylic acids is 1. The first-order valence-corrected chi connectivity index (χ1v) is 3.92. The van der Waals surface area contributed by atoms with E-state index in [0.29, 0.717) is 0 Å². The van der Waals surface area contributed by atoms with E-state index in [2.05, 4.69) is 9.72 Å². The van der Waals surface area contributed by atoms with Gasteiger partial charge in [0, 0.05) is 0 Å². The van der Waals surface area contributed by atoms with Crippen LogP contribution in [0.25, 0.3) is 0 Å². The van der Waals surface area contributed by atoms with Gasteiger partial charge >= 0.3 is 5.97 Å². The van der Waals surface area contributed by atoms with E-state index in [1.54, 1.807) is 6.07 Å². The second-order valence-electron chi connectivity index (χ2n) is 2.36. The lowest BCUT2D eigenvalue weighted by Gasteiger charge is -2.04.